The number of para-hydroxylation sites is 1. The van der Waals surface area contributed by atoms with Crippen LogP contribution in [0.2, 0.25) is 0 Å². The van der Waals surface area contributed by atoms with Crippen molar-refractivity contribution < 1.29 is 9.53 Å². The summed E-state index contributed by atoms with van der Waals surface area (Å²) < 4.78 is 5.85. The van der Waals surface area contributed by atoms with E-state index in [9.17, 15) is 4.79 Å². The van der Waals surface area contributed by atoms with E-state index in [4.69, 9.17) is 4.74 Å². The summed E-state index contributed by atoms with van der Waals surface area (Å²) in [5.74, 6) is 0.568. The molecule has 1 atom stereocenters. The Labute approximate surface area is 146 Å². The fourth-order valence-corrected chi connectivity index (χ4v) is 3.32. The van der Waals surface area contributed by atoms with Crippen LogP contribution in [-0.4, -0.2) is 17.0 Å². The third-order valence-electron chi connectivity index (χ3n) is 4.64. The molecule has 0 fully saturated rings. The molecule has 1 amide bonds. The van der Waals surface area contributed by atoms with E-state index in [2.05, 4.69) is 22.4 Å². The lowest BCUT2D eigenvalue weighted by atomic mass is 10.1. The van der Waals surface area contributed by atoms with Crippen molar-refractivity contribution in [3.63, 3.8) is 0 Å². The Morgan fingerprint density at radius 1 is 1.12 bits per heavy atom. The van der Waals surface area contributed by atoms with Gasteiger partial charge in [0.15, 0.2) is 6.10 Å². The second kappa shape index (κ2) is 6.55. The number of hydrogen-bond acceptors (Lipinski definition) is 3. The number of nitrogens with one attached hydrogen (secondary N) is 1. The Bertz CT molecular complexity index is 931. The summed E-state index contributed by atoms with van der Waals surface area (Å²) in [5, 5.41) is 3.92. The molecule has 1 N–H and O–H groups in total. The van der Waals surface area contributed by atoms with Crippen LogP contribution in [0.15, 0.2) is 54.7 Å². The molecule has 0 spiro atoms. The third-order valence-corrected chi connectivity index (χ3v) is 4.64. The molecule has 25 heavy (non-hydrogen) atoms. The van der Waals surface area contributed by atoms with Crippen LogP contribution in [0.1, 0.15) is 24.5 Å². The topological polar surface area (TPSA) is 51.2 Å². The summed E-state index contributed by atoms with van der Waals surface area (Å²) in [6.07, 6.45) is 4.57. The zero-order chi connectivity index (χ0) is 17.2. The van der Waals surface area contributed by atoms with Crippen LogP contribution >= 0.6 is 0 Å². The first-order valence-electron chi connectivity index (χ1n) is 8.64. The van der Waals surface area contributed by atoms with Crippen molar-refractivity contribution in [2.75, 3.05) is 5.32 Å². The summed E-state index contributed by atoms with van der Waals surface area (Å²) in [6.45, 7) is 1.76. The number of amides is 1. The smallest absolute Gasteiger partial charge is 0.265 e. The summed E-state index contributed by atoms with van der Waals surface area (Å²) in [7, 11) is 0. The zero-order valence-electron chi connectivity index (χ0n) is 14.2. The first-order valence-corrected chi connectivity index (χ1v) is 8.64. The van der Waals surface area contributed by atoms with Crippen molar-refractivity contribution in [1.82, 2.24) is 4.98 Å². The van der Waals surface area contributed by atoms with E-state index >= 15 is 0 Å². The maximum atomic E-state index is 12.5. The van der Waals surface area contributed by atoms with Gasteiger partial charge in [0, 0.05) is 11.6 Å². The lowest BCUT2D eigenvalue weighted by molar-refractivity contribution is -0.122. The number of pyridine rings is 1. The Morgan fingerprint density at radius 3 is 2.88 bits per heavy atom. The summed E-state index contributed by atoms with van der Waals surface area (Å²) in [6, 6.07) is 15.7. The lowest BCUT2D eigenvalue weighted by Gasteiger charge is -2.16. The molecule has 0 saturated carbocycles. The van der Waals surface area contributed by atoms with Crippen molar-refractivity contribution in [2.24, 2.45) is 0 Å². The van der Waals surface area contributed by atoms with E-state index in [1.165, 1.54) is 17.5 Å². The molecule has 1 aliphatic carbocycles. The van der Waals surface area contributed by atoms with E-state index in [1.54, 1.807) is 13.1 Å². The Hall–Kier alpha value is -2.88. The van der Waals surface area contributed by atoms with Crippen molar-refractivity contribution in [3.8, 4) is 5.75 Å². The highest BCUT2D eigenvalue weighted by Crippen LogP contribution is 2.27. The molecule has 2 aromatic carbocycles. The van der Waals surface area contributed by atoms with Gasteiger partial charge in [-0.3, -0.25) is 9.78 Å². The van der Waals surface area contributed by atoms with Gasteiger partial charge in [-0.15, -0.1) is 0 Å². The number of anilines is 1. The molecule has 1 heterocycles. The predicted molar refractivity (Wildman–Crippen MR) is 98.9 cm³/mol. The highest BCUT2D eigenvalue weighted by molar-refractivity contribution is 6.01. The minimum Gasteiger partial charge on any atom is -0.481 e. The van der Waals surface area contributed by atoms with E-state index in [0.29, 0.717) is 5.69 Å². The summed E-state index contributed by atoms with van der Waals surface area (Å²) >= 11 is 0. The van der Waals surface area contributed by atoms with Gasteiger partial charge in [-0.2, -0.15) is 0 Å². The van der Waals surface area contributed by atoms with Gasteiger partial charge in [0.1, 0.15) is 5.75 Å². The number of rotatable bonds is 4. The molecule has 4 heteroatoms. The zero-order valence-corrected chi connectivity index (χ0v) is 14.2. The van der Waals surface area contributed by atoms with Crippen molar-refractivity contribution in [3.05, 3.63) is 65.9 Å². The number of carbonyl (C=O) groups is 1. The average Bonchev–Trinajstić information content (AvgIpc) is 3.10. The number of hydrogen-bond donors (Lipinski definition) is 1. The highest BCUT2D eigenvalue weighted by Gasteiger charge is 2.18. The minimum absolute atomic E-state index is 0.182. The van der Waals surface area contributed by atoms with Crippen molar-refractivity contribution in [2.45, 2.75) is 32.3 Å². The standard InChI is InChI=1S/C21H20N2O2/c1-14(25-18-11-10-15-5-2-7-17(15)13-18)21(24)23-19-9-3-6-16-8-4-12-22-20(16)19/h3-4,6,8-14H,2,5,7H2,1H3,(H,23,24). The number of benzene rings is 2. The Kier molecular flexibility index (Phi) is 4.10. The quantitative estimate of drug-likeness (QED) is 0.781. The molecule has 0 bridgehead atoms. The van der Waals surface area contributed by atoms with Crippen LogP contribution in [-0.2, 0) is 17.6 Å². The van der Waals surface area contributed by atoms with Crippen LogP contribution in [0, 0.1) is 0 Å². The fraction of sp³-hybridized carbons (Fsp3) is 0.238. The average molecular weight is 332 g/mol. The third kappa shape index (κ3) is 3.20. The highest BCUT2D eigenvalue weighted by atomic mass is 16.5. The minimum atomic E-state index is -0.585. The number of nitrogens with zero attached hydrogens (tertiary/aromatic N) is 1. The molecule has 4 nitrogen and oxygen atoms in total. The monoisotopic (exact) mass is 332 g/mol. The molecule has 126 valence electrons. The number of aryl methyl sites for hydroxylation is 2. The van der Waals surface area contributed by atoms with E-state index < -0.39 is 6.10 Å². The molecule has 0 radical (unpaired) electrons. The molecular formula is C21H20N2O2. The molecule has 0 aliphatic heterocycles. The van der Waals surface area contributed by atoms with Crippen LogP contribution in [0.25, 0.3) is 10.9 Å². The number of fused-ring (bicyclic) bond motifs is 2. The van der Waals surface area contributed by atoms with Gasteiger partial charge >= 0.3 is 0 Å². The van der Waals surface area contributed by atoms with Crippen LogP contribution in [0.4, 0.5) is 5.69 Å². The molecule has 0 saturated heterocycles. The van der Waals surface area contributed by atoms with Crippen LogP contribution < -0.4 is 10.1 Å². The van der Waals surface area contributed by atoms with E-state index in [1.807, 2.05) is 36.4 Å². The van der Waals surface area contributed by atoms with Gasteiger partial charge in [0.25, 0.3) is 5.91 Å². The van der Waals surface area contributed by atoms with E-state index in [-0.39, 0.29) is 5.91 Å². The van der Waals surface area contributed by atoms with Crippen molar-refractivity contribution in [1.29, 1.82) is 0 Å². The summed E-state index contributed by atoms with van der Waals surface area (Å²) in [5.41, 5.74) is 4.21. The SMILES string of the molecule is CC(Oc1ccc2c(c1)CCC2)C(=O)Nc1cccc2cccnc12. The van der Waals surface area contributed by atoms with Gasteiger partial charge in [-0.05, 0) is 61.6 Å². The van der Waals surface area contributed by atoms with Gasteiger partial charge in [0.05, 0.1) is 11.2 Å². The molecule has 1 aliphatic rings. The molecule has 1 unspecified atom stereocenters. The second-order valence-corrected chi connectivity index (χ2v) is 6.41. The first-order chi connectivity index (χ1) is 12.2. The normalized spacial score (nSPS) is 14.1. The number of ether oxygens (including phenoxy) is 1. The molecule has 3 aromatic rings. The van der Waals surface area contributed by atoms with Gasteiger partial charge in [-0.25, -0.2) is 0 Å². The molecular weight excluding hydrogens is 312 g/mol. The Morgan fingerprint density at radius 2 is 1.96 bits per heavy atom. The largest absolute Gasteiger partial charge is 0.481 e. The Balaban J connectivity index is 1.48. The summed E-state index contributed by atoms with van der Waals surface area (Å²) in [4.78, 5) is 16.9. The lowest BCUT2D eigenvalue weighted by Crippen LogP contribution is -2.30. The second-order valence-electron chi connectivity index (χ2n) is 6.41. The number of aromatic nitrogens is 1. The van der Waals surface area contributed by atoms with Crippen LogP contribution in [0.3, 0.4) is 0 Å². The maximum absolute atomic E-state index is 12.5. The van der Waals surface area contributed by atoms with Crippen molar-refractivity contribution >= 4 is 22.5 Å². The molecule has 4 rings (SSSR count). The molecule has 1 aromatic heterocycles. The maximum Gasteiger partial charge on any atom is 0.265 e. The fourth-order valence-electron chi connectivity index (χ4n) is 3.32. The van der Waals surface area contributed by atoms with Gasteiger partial charge < -0.3 is 10.1 Å². The van der Waals surface area contributed by atoms with Crippen LogP contribution in [0.5, 0.6) is 5.75 Å². The van der Waals surface area contributed by atoms with Gasteiger partial charge in [-0.1, -0.05) is 24.3 Å². The van der Waals surface area contributed by atoms with Gasteiger partial charge in [0.2, 0.25) is 0 Å². The first kappa shape index (κ1) is 15.6. The van der Waals surface area contributed by atoms with E-state index in [0.717, 1.165) is 29.5 Å². The predicted octanol–water partition coefficient (Wildman–Crippen LogP) is 4.13. The number of carbonyl (C=O) groups excluding carboxylic acids is 1.